The zero-order valence-electron chi connectivity index (χ0n) is 12.5. The summed E-state index contributed by atoms with van der Waals surface area (Å²) in [5, 5.41) is 2.87. The van der Waals surface area contributed by atoms with Crippen molar-refractivity contribution in [1.29, 1.82) is 0 Å². The first-order chi connectivity index (χ1) is 9.77. The van der Waals surface area contributed by atoms with Gasteiger partial charge in [-0.1, -0.05) is 43.3 Å². The number of carbonyl (C=O) groups is 1. The first-order valence-corrected chi connectivity index (χ1v) is 7.45. The summed E-state index contributed by atoms with van der Waals surface area (Å²) in [7, 11) is 0. The molecular formula is C16H26N2O2. The van der Waals surface area contributed by atoms with Crippen molar-refractivity contribution in [3.8, 4) is 0 Å². The van der Waals surface area contributed by atoms with Crippen LogP contribution in [0.3, 0.4) is 0 Å². The Morgan fingerprint density at radius 2 is 1.60 bits per heavy atom. The van der Waals surface area contributed by atoms with Gasteiger partial charge in [0, 0.05) is 13.1 Å². The van der Waals surface area contributed by atoms with E-state index in [-0.39, 0.29) is 12.3 Å². The zero-order valence-corrected chi connectivity index (χ0v) is 12.5. The number of amides is 1. The zero-order chi connectivity index (χ0) is 14.6. The summed E-state index contributed by atoms with van der Waals surface area (Å²) in [4.78, 5) is 13.5. The number of hydrogen-bond acceptors (Lipinski definition) is 3. The molecule has 20 heavy (non-hydrogen) atoms. The van der Waals surface area contributed by atoms with E-state index in [0.29, 0.717) is 6.61 Å². The van der Waals surface area contributed by atoms with Crippen molar-refractivity contribution in [1.82, 2.24) is 10.2 Å². The van der Waals surface area contributed by atoms with E-state index in [1.54, 1.807) is 0 Å². The van der Waals surface area contributed by atoms with Crippen molar-refractivity contribution in [3.63, 3.8) is 0 Å². The Morgan fingerprint density at radius 1 is 1.10 bits per heavy atom. The molecule has 2 rings (SSSR count). The molecular weight excluding hydrogens is 252 g/mol. The summed E-state index contributed by atoms with van der Waals surface area (Å²) in [6, 6.07) is 12.0. The fraction of sp³-hybridized carbons (Fsp3) is 0.562. The minimum absolute atomic E-state index is 0.150. The van der Waals surface area contributed by atoms with E-state index < -0.39 is 0 Å². The highest BCUT2D eigenvalue weighted by molar-refractivity contribution is 5.67. The fourth-order valence-corrected chi connectivity index (χ4v) is 2.20. The Bertz CT molecular complexity index is 324. The maximum atomic E-state index is 11.2. The van der Waals surface area contributed by atoms with Gasteiger partial charge >= 0.3 is 6.09 Å². The summed E-state index contributed by atoms with van der Waals surface area (Å²) < 4.78 is 4.86. The molecule has 1 atom stereocenters. The topological polar surface area (TPSA) is 41.6 Å². The van der Waals surface area contributed by atoms with Crippen molar-refractivity contribution in [2.45, 2.75) is 39.3 Å². The molecule has 1 aliphatic rings. The van der Waals surface area contributed by atoms with Gasteiger partial charge < -0.3 is 10.1 Å². The summed E-state index contributed by atoms with van der Waals surface area (Å²) in [6.07, 6.45) is 3.25. The predicted octanol–water partition coefficient (Wildman–Crippen LogP) is 3.25. The molecule has 0 saturated carbocycles. The smallest absolute Gasteiger partial charge is 0.408 e. The Kier molecular flexibility index (Phi) is 8.47. The third kappa shape index (κ3) is 6.57. The average Bonchev–Trinajstić information content (AvgIpc) is 3.02. The second kappa shape index (κ2) is 10.3. The molecule has 1 aliphatic heterocycles. The van der Waals surface area contributed by atoms with Gasteiger partial charge in [0.25, 0.3) is 0 Å². The van der Waals surface area contributed by atoms with Crippen LogP contribution in [0.2, 0.25) is 0 Å². The normalized spacial score (nSPS) is 15.9. The lowest BCUT2D eigenvalue weighted by atomic mass is 10.3. The van der Waals surface area contributed by atoms with E-state index in [1.165, 1.54) is 12.8 Å². The molecule has 1 amide bonds. The van der Waals surface area contributed by atoms with Gasteiger partial charge in [-0.05, 0) is 26.2 Å². The van der Waals surface area contributed by atoms with Crippen LogP contribution in [0.25, 0.3) is 0 Å². The van der Waals surface area contributed by atoms with Gasteiger partial charge in [-0.2, -0.15) is 0 Å². The lowest BCUT2D eigenvalue weighted by Crippen LogP contribution is -2.46. The summed E-state index contributed by atoms with van der Waals surface area (Å²) in [6.45, 7) is 6.50. The van der Waals surface area contributed by atoms with Gasteiger partial charge in [0.1, 0.15) is 0 Å². The SMILES string of the molecule is CCOC(=O)NC(CC)N1CCCC1.c1ccccc1. The molecule has 1 heterocycles. The molecule has 1 saturated heterocycles. The van der Waals surface area contributed by atoms with Crippen LogP contribution in [0.1, 0.15) is 33.1 Å². The van der Waals surface area contributed by atoms with Crippen LogP contribution in [-0.2, 0) is 4.74 Å². The van der Waals surface area contributed by atoms with E-state index in [0.717, 1.165) is 19.5 Å². The molecule has 1 aromatic carbocycles. The maximum absolute atomic E-state index is 11.2. The number of benzene rings is 1. The first kappa shape index (κ1) is 16.5. The molecule has 0 radical (unpaired) electrons. The average molecular weight is 278 g/mol. The van der Waals surface area contributed by atoms with Crippen LogP contribution in [0.15, 0.2) is 36.4 Å². The lowest BCUT2D eigenvalue weighted by Gasteiger charge is -2.26. The standard InChI is InChI=1S/C10H20N2O2.C6H6/c1-3-9(11-10(13)14-4-2)12-7-5-6-8-12;1-2-4-6-5-3-1/h9H,3-8H2,1-2H3,(H,11,13);1-6H. The number of ether oxygens (including phenoxy) is 1. The van der Waals surface area contributed by atoms with Crippen molar-refractivity contribution < 1.29 is 9.53 Å². The number of carbonyl (C=O) groups excluding carboxylic acids is 1. The van der Waals surface area contributed by atoms with Crippen LogP contribution in [-0.4, -0.2) is 36.9 Å². The quantitative estimate of drug-likeness (QED) is 0.919. The second-order valence-corrected chi connectivity index (χ2v) is 4.69. The highest BCUT2D eigenvalue weighted by Crippen LogP contribution is 2.12. The Hall–Kier alpha value is -1.55. The third-order valence-corrected chi connectivity index (χ3v) is 3.19. The summed E-state index contributed by atoms with van der Waals surface area (Å²) in [5.41, 5.74) is 0. The van der Waals surface area contributed by atoms with E-state index in [4.69, 9.17) is 4.74 Å². The minimum Gasteiger partial charge on any atom is -0.450 e. The highest BCUT2D eigenvalue weighted by Gasteiger charge is 2.21. The predicted molar refractivity (Wildman–Crippen MR) is 81.5 cm³/mol. The highest BCUT2D eigenvalue weighted by atomic mass is 16.5. The van der Waals surface area contributed by atoms with E-state index in [1.807, 2.05) is 43.3 Å². The van der Waals surface area contributed by atoms with Crippen molar-refractivity contribution in [3.05, 3.63) is 36.4 Å². The van der Waals surface area contributed by atoms with E-state index in [9.17, 15) is 4.79 Å². The van der Waals surface area contributed by atoms with Crippen LogP contribution in [0.4, 0.5) is 4.79 Å². The molecule has 0 spiro atoms. The van der Waals surface area contributed by atoms with Gasteiger partial charge in [0.2, 0.25) is 0 Å². The lowest BCUT2D eigenvalue weighted by molar-refractivity contribution is 0.125. The molecule has 4 heteroatoms. The van der Waals surface area contributed by atoms with Gasteiger partial charge in [-0.3, -0.25) is 4.90 Å². The van der Waals surface area contributed by atoms with Crippen molar-refractivity contribution in [2.24, 2.45) is 0 Å². The molecule has 0 aliphatic carbocycles. The number of hydrogen-bond donors (Lipinski definition) is 1. The van der Waals surface area contributed by atoms with Gasteiger partial charge in [-0.25, -0.2) is 4.79 Å². The fourth-order valence-electron chi connectivity index (χ4n) is 2.20. The van der Waals surface area contributed by atoms with E-state index >= 15 is 0 Å². The van der Waals surface area contributed by atoms with Crippen LogP contribution < -0.4 is 5.32 Å². The second-order valence-electron chi connectivity index (χ2n) is 4.69. The third-order valence-electron chi connectivity index (χ3n) is 3.19. The Labute approximate surface area is 122 Å². The molecule has 1 aromatic rings. The van der Waals surface area contributed by atoms with E-state index in [2.05, 4.69) is 17.1 Å². The monoisotopic (exact) mass is 278 g/mol. The van der Waals surface area contributed by atoms with Crippen LogP contribution in [0, 0.1) is 0 Å². The maximum Gasteiger partial charge on any atom is 0.408 e. The minimum atomic E-state index is -0.300. The molecule has 1 N–H and O–H groups in total. The molecule has 1 fully saturated rings. The van der Waals surface area contributed by atoms with Crippen LogP contribution >= 0.6 is 0 Å². The molecule has 1 unspecified atom stereocenters. The van der Waals surface area contributed by atoms with Crippen LogP contribution in [0.5, 0.6) is 0 Å². The molecule has 0 aromatic heterocycles. The molecule has 112 valence electrons. The number of nitrogens with zero attached hydrogens (tertiary/aromatic N) is 1. The Balaban J connectivity index is 0.000000276. The molecule has 0 bridgehead atoms. The van der Waals surface area contributed by atoms with Gasteiger partial charge in [0.05, 0.1) is 12.8 Å². The number of rotatable bonds is 4. The number of likely N-dealkylation sites (tertiary alicyclic amines) is 1. The van der Waals surface area contributed by atoms with Gasteiger partial charge in [-0.15, -0.1) is 0 Å². The van der Waals surface area contributed by atoms with Crippen molar-refractivity contribution >= 4 is 6.09 Å². The van der Waals surface area contributed by atoms with Crippen molar-refractivity contribution in [2.75, 3.05) is 19.7 Å². The Morgan fingerprint density at radius 3 is 2.00 bits per heavy atom. The largest absolute Gasteiger partial charge is 0.450 e. The number of nitrogens with one attached hydrogen (secondary N) is 1. The summed E-state index contributed by atoms with van der Waals surface area (Å²) >= 11 is 0. The number of alkyl carbamates (subject to hydrolysis) is 1. The van der Waals surface area contributed by atoms with Gasteiger partial charge in [0.15, 0.2) is 0 Å². The summed E-state index contributed by atoms with van der Waals surface area (Å²) in [5.74, 6) is 0. The molecule has 4 nitrogen and oxygen atoms in total. The first-order valence-electron chi connectivity index (χ1n) is 7.45.